The molecule has 0 saturated heterocycles. The lowest BCUT2D eigenvalue weighted by Crippen LogP contribution is -2.24. The summed E-state index contributed by atoms with van der Waals surface area (Å²) in [6, 6.07) is 15.0. The van der Waals surface area contributed by atoms with Crippen molar-refractivity contribution in [2.75, 3.05) is 5.32 Å². The maximum atomic E-state index is 12.6. The summed E-state index contributed by atoms with van der Waals surface area (Å²) in [6.07, 6.45) is 2.06. The molecule has 4 rings (SSSR count). The molecule has 4 aromatic rings. The van der Waals surface area contributed by atoms with E-state index in [4.69, 9.17) is 0 Å². The van der Waals surface area contributed by atoms with Gasteiger partial charge in [0.15, 0.2) is 0 Å². The zero-order chi connectivity index (χ0) is 18.3. The topological polar surface area (TPSA) is 68.9 Å². The third-order valence-corrected chi connectivity index (χ3v) is 4.56. The molecule has 0 fully saturated rings. The summed E-state index contributed by atoms with van der Waals surface area (Å²) in [5, 5.41) is 9.52. The molecule has 0 unspecified atom stereocenters. The average Bonchev–Trinajstić information content (AvgIpc) is 3.02. The highest BCUT2D eigenvalue weighted by molar-refractivity contribution is 6.02. The number of nitrogens with zero attached hydrogens (tertiary/aromatic N) is 3. The molecular weight excluding hydrogens is 328 g/mol. The largest absolute Gasteiger partial charge is 0.350 e. The molecule has 0 radical (unpaired) electrons. The van der Waals surface area contributed by atoms with Gasteiger partial charge in [-0.05, 0) is 24.3 Å². The smallest absolute Gasteiger partial charge is 0.274 e. The quantitative estimate of drug-likeness (QED) is 0.620. The van der Waals surface area contributed by atoms with Gasteiger partial charge in [0, 0.05) is 36.6 Å². The van der Waals surface area contributed by atoms with Gasteiger partial charge in [-0.25, -0.2) is 4.68 Å². The number of nitrogens with one attached hydrogen (secondary N) is 1. The second-order valence-electron chi connectivity index (χ2n) is 6.31. The summed E-state index contributed by atoms with van der Waals surface area (Å²) in [5.41, 5.74) is 2.23. The molecule has 0 aliphatic heterocycles. The van der Waals surface area contributed by atoms with Gasteiger partial charge in [0.25, 0.3) is 5.56 Å². The van der Waals surface area contributed by atoms with Crippen LogP contribution in [0.1, 0.15) is 5.69 Å². The Hall–Kier alpha value is -3.41. The van der Waals surface area contributed by atoms with Gasteiger partial charge >= 0.3 is 0 Å². The van der Waals surface area contributed by atoms with Crippen LogP contribution in [-0.4, -0.2) is 20.3 Å². The number of aryl methyl sites for hydroxylation is 2. The van der Waals surface area contributed by atoms with E-state index in [1.54, 1.807) is 13.1 Å². The summed E-state index contributed by atoms with van der Waals surface area (Å²) in [5.74, 6) is -0.169. The fourth-order valence-electron chi connectivity index (χ4n) is 3.26. The van der Waals surface area contributed by atoms with Gasteiger partial charge in [-0.15, -0.1) is 0 Å². The number of hydrogen-bond donors (Lipinski definition) is 1. The molecule has 2 aromatic carbocycles. The summed E-state index contributed by atoms with van der Waals surface area (Å²) in [4.78, 5) is 24.8. The lowest BCUT2D eigenvalue weighted by atomic mass is 10.1. The second-order valence-corrected chi connectivity index (χ2v) is 6.31. The maximum Gasteiger partial charge on any atom is 0.274 e. The summed E-state index contributed by atoms with van der Waals surface area (Å²) in [6.45, 7) is 0. The fourth-order valence-corrected chi connectivity index (χ4v) is 3.26. The number of amides is 1. The van der Waals surface area contributed by atoms with Crippen LogP contribution in [0, 0.1) is 0 Å². The molecule has 0 spiro atoms. The molecule has 2 aromatic heterocycles. The van der Waals surface area contributed by atoms with Gasteiger partial charge in [0.2, 0.25) is 5.91 Å². The highest BCUT2D eigenvalue weighted by atomic mass is 16.1. The summed E-state index contributed by atoms with van der Waals surface area (Å²) < 4.78 is 3.29. The number of carbonyl (C=O) groups excluding carboxylic acids is 1. The molecule has 1 N–H and O–H groups in total. The van der Waals surface area contributed by atoms with Gasteiger partial charge in [0.1, 0.15) is 0 Å². The van der Waals surface area contributed by atoms with Crippen LogP contribution in [0.4, 0.5) is 5.69 Å². The van der Waals surface area contributed by atoms with Crippen LogP contribution in [0.3, 0.4) is 0 Å². The molecule has 0 atom stereocenters. The number of hydrogen-bond acceptors (Lipinski definition) is 3. The Morgan fingerprint density at radius 3 is 2.58 bits per heavy atom. The third-order valence-electron chi connectivity index (χ3n) is 4.56. The van der Waals surface area contributed by atoms with Crippen molar-refractivity contribution in [3.8, 4) is 0 Å². The van der Waals surface area contributed by atoms with E-state index in [-0.39, 0.29) is 17.9 Å². The standard InChI is InChI=1S/C20H18N4O2/c1-23-11-10-15-16(8-5-9-18(15)23)21-19(25)12-17-13-6-3-4-7-14(13)20(26)24(2)22-17/h3-11H,12H2,1-2H3,(H,21,25). The highest BCUT2D eigenvalue weighted by Gasteiger charge is 2.13. The van der Waals surface area contributed by atoms with E-state index >= 15 is 0 Å². The minimum atomic E-state index is -0.169. The number of carbonyl (C=O) groups is 1. The Bertz CT molecular complexity index is 1200. The molecule has 26 heavy (non-hydrogen) atoms. The van der Waals surface area contributed by atoms with Crippen molar-refractivity contribution < 1.29 is 4.79 Å². The molecule has 0 aliphatic carbocycles. The third kappa shape index (κ3) is 2.65. The fraction of sp³-hybridized carbons (Fsp3) is 0.150. The van der Waals surface area contributed by atoms with Crippen molar-refractivity contribution in [2.24, 2.45) is 14.1 Å². The first-order chi connectivity index (χ1) is 12.5. The van der Waals surface area contributed by atoms with Crippen LogP contribution in [0.5, 0.6) is 0 Å². The number of fused-ring (bicyclic) bond motifs is 2. The minimum Gasteiger partial charge on any atom is -0.350 e. The summed E-state index contributed by atoms with van der Waals surface area (Å²) >= 11 is 0. The van der Waals surface area contributed by atoms with E-state index in [9.17, 15) is 9.59 Å². The van der Waals surface area contributed by atoms with Crippen LogP contribution in [0.2, 0.25) is 0 Å². The van der Waals surface area contributed by atoms with Crippen LogP contribution in [0.15, 0.2) is 59.5 Å². The number of rotatable bonds is 3. The van der Waals surface area contributed by atoms with Crippen molar-refractivity contribution in [3.63, 3.8) is 0 Å². The molecule has 1 amide bonds. The van der Waals surface area contributed by atoms with Crippen molar-refractivity contribution in [1.29, 1.82) is 0 Å². The van der Waals surface area contributed by atoms with Crippen molar-refractivity contribution in [1.82, 2.24) is 14.3 Å². The molecule has 0 saturated carbocycles. The predicted molar refractivity (Wildman–Crippen MR) is 102 cm³/mol. The van der Waals surface area contributed by atoms with E-state index in [1.807, 2.05) is 60.3 Å². The zero-order valence-electron chi connectivity index (χ0n) is 14.6. The van der Waals surface area contributed by atoms with Gasteiger partial charge in [0.05, 0.1) is 23.2 Å². The monoisotopic (exact) mass is 346 g/mol. The zero-order valence-corrected chi connectivity index (χ0v) is 14.6. The van der Waals surface area contributed by atoms with Gasteiger partial charge in [-0.2, -0.15) is 5.10 Å². The Labute approximate surface area is 149 Å². The molecule has 6 heteroatoms. The lowest BCUT2D eigenvalue weighted by Gasteiger charge is -2.10. The minimum absolute atomic E-state index is 0.0951. The van der Waals surface area contributed by atoms with Crippen molar-refractivity contribution >= 4 is 33.3 Å². The number of benzene rings is 2. The molecule has 6 nitrogen and oxygen atoms in total. The SMILES string of the molecule is Cn1nc(CC(=O)Nc2cccc3c2ccn3C)c2ccccc2c1=O. The van der Waals surface area contributed by atoms with E-state index in [0.717, 1.165) is 16.6 Å². The van der Waals surface area contributed by atoms with Crippen LogP contribution < -0.4 is 10.9 Å². The molecule has 130 valence electrons. The first-order valence-electron chi connectivity index (χ1n) is 8.33. The Morgan fingerprint density at radius 2 is 1.77 bits per heavy atom. The molecular formula is C20H18N4O2. The predicted octanol–water partition coefficient (Wildman–Crippen LogP) is 2.61. The van der Waals surface area contributed by atoms with Crippen molar-refractivity contribution in [3.05, 3.63) is 70.8 Å². The number of anilines is 1. The molecule has 2 heterocycles. The maximum absolute atomic E-state index is 12.6. The van der Waals surface area contributed by atoms with Gasteiger partial charge in [-0.1, -0.05) is 24.3 Å². The summed E-state index contributed by atoms with van der Waals surface area (Å²) in [7, 11) is 3.56. The van der Waals surface area contributed by atoms with Gasteiger partial charge in [-0.3, -0.25) is 9.59 Å². The van der Waals surface area contributed by atoms with Crippen LogP contribution in [0.25, 0.3) is 21.7 Å². The Morgan fingerprint density at radius 1 is 1.00 bits per heavy atom. The van der Waals surface area contributed by atoms with E-state index in [0.29, 0.717) is 16.5 Å². The molecule has 0 bridgehead atoms. The Kier molecular flexibility index (Phi) is 3.80. The Balaban J connectivity index is 1.68. The van der Waals surface area contributed by atoms with E-state index < -0.39 is 0 Å². The highest BCUT2D eigenvalue weighted by Crippen LogP contribution is 2.24. The van der Waals surface area contributed by atoms with E-state index in [2.05, 4.69) is 10.4 Å². The first kappa shape index (κ1) is 16.1. The van der Waals surface area contributed by atoms with E-state index in [1.165, 1.54) is 4.68 Å². The first-order valence-corrected chi connectivity index (χ1v) is 8.33. The second kappa shape index (κ2) is 6.15. The molecule has 0 aliphatic rings. The normalized spacial score (nSPS) is 11.2. The van der Waals surface area contributed by atoms with Crippen LogP contribution in [-0.2, 0) is 25.3 Å². The van der Waals surface area contributed by atoms with Crippen molar-refractivity contribution in [2.45, 2.75) is 6.42 Å². The van der Waals surface area contributed by atoms with Gasteiger partial charge < -0.3 is 9.88 Å². The number of aromatic nitrogens is 3. The van der Waals surface area contributed by atoms with Crippen LogP contribution >= 0.6 is 0 Å². The lowest BCUT2D eigenvalue weighted by molar-refractivity contribution is -0.115. The average molecular weight is 346 g/mol.